The number of amides is 1. The van der Waals surface area contributed by atoms with Gasteiger partial charge < -0.3 is 10.1 Å². The van der Waals surface area contributed by atoms with Gasteiger partial charge in [-0.3, -0.25) is 9.59 Å². The first-order valence-corrected chi connectivity index (χ1v) is 5.05. The maximum atomic E-state index is 11.2. The van der Waals surface area contributed by atoms with Crippen LogP contribution in [0.15, 0.2) is 0 Å². The Morgan fingerprint density at radius 3 is 2.86 bits per heavy atom. The standard InChI is InChI=1S/C10H19NO3/c1-3-4-5-10(13)11-9(2)6-7-14-8-12/h8-9H,3-7H2,1-2H3,(H,11,13). The highest BCUT2D eigenvalue weighted by Gasteiger charge is 2.06. The molecular weight excluding hydrogens is 182 g/mol. The van der Waals surface area contributed by atoms with Crippen molar-refractivity contribution in [2.45, 2.75) is 45.6 Å². The van der Waals surface area contributed by atoms with E-state index in [1.165, 1.54) is 0 Å². The maximum absolute atomic E-state index is 11.2. The van der Waals surface area contributed by atoms with Crippen molar-refractivity contribution in [2.75, 3.05) is 6.61 Å². The van der Waals surface area contributed by atoms with E-state index in [-0.39, 0.29) is 11.9 Å². The predicted octanol–water partition coefficient (Wildman–Crippen LogP) is 1.24. The summed E-state index contributed by atoms with van der Waals surface area (Å²) in [5.41, 5.74) is 0. The second-order valence-corrected chi connectivity index (χ2v) is 3.33. The van der Waals surface area contributed by atoms with Crippen LogP contribution in [0.5, 0.6) is 0 Å². The molecule has 0 fully saturated rings. The van der Waals surface area contributed by atoms with Crippen LogP contribution in [0.4, 0.5) is 0 Å². The average molecular weight is 201 g/mol. The first-order valence-electron chi connectivity index (χ1n) is 5.05. The summed E-state index contributed by atoms with van der Waals surface area (Å²) in [4.78, 5) is 21.1. The summed E-state index contributed by atoms with van der Waals surface area (Å²) < 4.78 is 4.54. The number of rotatable bonds is 8. The molecule has 4 nitrogen and oxygen atoms in total. The Labute approximate surface area is 85.0 Å². The number of carbonyl (C=O) groups is 2. The van der Waals surface area contributed by atoms with Crippen molar-refractivity contribution in [3.05, 3.63) is 0 Å². The third-order valence-corrected chi connectivity index (χ3v) is 1.90. The Morgan fingerprint density at radius 2 is 2.29 bits per heavy atom. The molecule has 82 valence electrons. The largest absolute Gasteiger partial charge is 0.468 e. The lowest BCUT2D eigenvalue weighted by atomic mass is 10.2. The summed E-state index contributed by atoms with van der Waals surface area (Å²) in [6, 6.07) is 0.0688. The molecule has 1 N–H and O–H groups in total. The van der Waals surface area contributed by atoms with Gasteiger partial charge in [0.15, 0.2) is 0 Å². The lowest BCUT2D eigenvalue weighted by Gasteiger charge is -2.12. The van der Waals surface area contributed by atoms with Crippen molar-refractivity contribution in [1.82, 2.24) is 5.32 Å². The molecule has 0 aromatic heterocycles. The monoisotopic (exact) mass is 201 g/mol. The van der Waals surface area contributed by atoms with Crippen LogP contribution in [-0.4, -0.2) is 25.0 Å². The molecule has 0 aliphatic carbocycles. The van der Waals surface area contributed by atoms with Crippen LogP contribution in [0, 0.1) is 0 Å². The van der Waals surface area contributed by atoms with E-state index in [1.807, 2.05) is 6.92 Å². The first kappa shape index (κ1) is 12.9. The zero-order chi connectivity index (χ0) is 10.8. The second kappa shape index (κ2) is 8.53. The summed E-state index contributed by atoms with van der Waals surface area (Å²) in [5, 5.41) is 2.84. The molecule has 0 heterocycles. The summed E-state index contributed by atoms with van der Waals surface area (Å²) in [5.74, 6) is 0.0745. The zero-order valence-corrected chi connectivity index (χ0v) is 8.91. The zero-order valence-electron chi connectivity index (χ0n) is 8.91. The summed E-state index contributed by atoms with van der Waals surface area (Å²) in [7, 11) is 0. The second-order valence-electron chi connectivity index (χ2n) is 3.33. The van der Waals surface area contributed by atoms with E-state index in [1.54, 1.807) is 0 Å². The van der Waals surface area contributed by atoms with Gasteiger partial charge in [-0.05, 0) is 13.3 Å². The number of carbonyl (C=O) groups excluding carboxylic acids is 2. The molecule has 0 aliphatic rings. The van der Waals surface area contributed by atoms with Crippen LogP contribution in [0.1, 0.15) is 39.5 Å². The Hall–Kier alpha value is -1.06. The molecule has 1 unspecified atom stereocenters. The van der Waals surface area contributed by atoms with Crippen molar-refractivity contribution >= 4 is 12.4 Å². The van der Waals surface area contributed by atoms with Gasteiger partial charge >= 0.3 is 0 Å². The first-order chi connectivity index (χ1) is 6.70. The maximum Gasteiger partial charge on any atom is 0.293 e. The van der Waals surface area contributed by atoms with Gasteiger partial charge in [0.1, 0.15) is 0 Å². The molecule has 0 aliphatic heterocycles. The van der Waals surface area contributed by atoms with E-state index >= 15 is 0 Å². The van der Waals surface area contributed by atoms with Crippen LogP contribution in [0.25, 0.3) is 0 Å². The lowest BCUT2D eigenvalue weighted by Crippen LogP contribution is -2.33. The van der Waals surface area contributed by atoms with Gasteiger partial charge in [0, 0.05) is 18.9 Å². The molecule has 0 saturated carbocycles. The van der Waals surface area contributed by atoms with E-state index in [2.05, 4.69) is 17.0 Å². The molecule has 0 bridgehead atoms. The molecule has 0 saturated heterocycles. The van der Waals surface area contributed by atoms with Crippen LogP contribution in [0.3, 0.4) is 0 Å². The Bertz CT molecular complexity index is 171. The SMILES string of the molecule is CCCCC(=O)NC(C)CCOC=O. The molecule has 0 rings (SSSR count). The van der Waals surface area contributed by atoms with Gasteiger partial charge in [0.25, 0.3) is 6.47 Å². The lowest BCUT2D eigenvalue weighted by molar-refractivity contribution is -0.128. The fourth-order valence-electron chi connectivity index (χ4n) is 1.05. The van der Waals surface area contributed by atoms with Crippen molar-refractivity contribution < 1.29 is 14.3 Å². The summed E-state index contributed by atoms with van der Waals surface area (Å²) in [6.07, 6.45) is 3.19. The number of ether oxygens (including phenoxy) is 1. The van der Waals surface area contributed by atoms with Crippen molar-refractivity contribution in [3.8, 4) is 0 Å². The fraction of sp³-hybridized carbons (Fsp3) is 0.800. The number of hydrogen-bond donors (Lipinski definition) is 1. The Balaban J connectivity index is 3.44. The highest BCUT2D eigenvalue weighted by molar-refractivity contribution is 5.76. The van der Waals surface area contributed by atoms with E-state index in [0.29, 0.717) is 25.9 Å². The van der Waals surface area contributed by atoms with Gasteiger partial charge in [0.05, 0.1) is 6.61 Å². The van der Waals surface area contributed by atoms with E-state index in [0.717, 1.165) is 12.8 Å². The summed E-state index contributed by atoms with van der Waals surface area (Å²) >= 11 is 0. The van der Waals surface area contributed by atoms with E-state index < -0.39 is 0 Å². The molecule has 4 heteroatoms. The Kier molecular flexibility index (Phi) is 7.89. The molecule has 1 atom stereocenters. The predicted molar refractivity (Wildman–Crippen MR) is 53.8 cm³/mol. The van der Waals surface area contributed by atoms with Crippen molar-refractivity contribution in [2.24, 2.45) is 0 Å². The van der Waals surface area contributed by atoms with E-state index in [9.17, 15) is 9.59 Å². The third-order valence-electron chi connectivity index (χ3n) is 1.90. The van der Waals surface area contributed by atoms with Crippen molar-refractivity contribution in [3.63, 3.8) is 0 Å². The highest BCUT2D eigenvalue weighted by Crippen LogP contribution is 1.96. The molecule has 0 radical (unpaired) electrons. The minimum Gasteiger partial charge on any atom is -0.468 e. The molecule has 14 heavy (non-hydrogen) atoms. The fourth-order valence-corrected chi connectivity index (χ4v) is 1.05. The normalized spacial score (nSPS) is 11.9. The molecular formula is C10H19NO3. The molecule has 1 amide bonds. The smallest absolute Gasteiger partial charge is 0.293 e. The van der Waals surface area contributed by atoms with Gasteiger partial charge in [-0.2, -0.15) is 0 Å². The minimum atomic E-state index is 0.0688. The number of hydrogen-bond acceptors (Lipinski definition) is 3. The van der Waals surface area contributed by atoms with Crippen molar-refractivity contribution in [1.29, 1.82) is 0 Å². The molecule has 0 spiro atoms. The number of nitrogens with one attached hydrogen (secondary N) is 1. The third kappa shape index (κ3) is 7.58. The topological polar surface area (TPSA) is 55.4 Å². The minimum absolute atomic E-state index is 0.0688. The van der Waals surface area contributed by atoms with Gasteiger partial charge in [-0.15, -0.1) is 0 Å². The van der Waals surface area contributed by atoms with Gasteiger partial charge in [-0.1, -0.05) is 13.3 Å². The van der Waals surface area contributed by atoms with Crippen LogP contribution in [0.2, 0.25) is 0 Å². The molecule has 0 aromatic rings. The number of unbranched alkanes of at least 4 members (excludes halogenated alkanes) is 1. The molecule has 0 aromatic carbocycles. The van der Waals surface area contributed by atoms with Gasteiger partial charge in [-0.25, -0.2) is 0 Å². The van der Waals surface area contributed by atoms with Crippen LogP contribution < -0.4 is 5.32 Å². The van der Waals surface area contributed by atoms with Crippen LogP contribution in [-0.2, 0) is 14.3 Å². The summed E-state index contributed by atoms with van der Waals surface area (Å²) in [6.45, 7) is 4.73. The highest BCUT2D eigenvalue weighted by atomic mass is 16.5. The van der Waals surface area contributed by atoms with E-state index in [4.69, 9.17) is 0 Å². The van der Waals surface area contributed by atoms with Crippen LogP contribution >= 0.6 is 0 Å². The average Bonchev–Trinajstić information content (AvgIpc) is 2.15. The Morgan fingerprint density at radius 1 is 1.57 bits per heavy atom. The quantitative estimate of drug-likeness (QED) is 0.475. The van der Waals surface area contributed by atoms with Gasteiger partial charge in [0.2, 0.25) is 5.91 Å².